The van der Waals surface area contributed by atoms with E-state index in [4.69, 9.17) is 0 Å². The molecule has 1 fully saturated rings. The number of carbonyl (C=O) groups excluding carboxylic acids is 3. The van der Waals surface area contributed by atoms with E-state index in [2.05, 4.69) is 22.9 Å². The molecule has 0 aromatic rings. The van der Waals surface area contributed by atoms with Crippen LogP contribution in [0.15, 0.2) is 0 Å². The van der Waals surface area contributed by atoms with Crippen LogP contribution in [0.5, 0.6) is 0 Å². The van der Waals surface area contributed by atoms with E-state index >= 15 is 0 Å². The molecule has 0 spiro atoms. The summed E-state index contributed by atoms with van der Waals surface area (Å²) >= 11 is 0. The topological polar surface area (TPSA) is 90.5 Å². The van der Waals surface area contributed by atoms with Crippen molar-refractivity contribution >= 4 is 17.8 Å². The molecule has 4 amide bonds. The van der Waals surface area contributed by atoms with Gasteiger partial charge in [-0.2, -0.15) is 0 Å². The van der Waals surface area contributed by atoms with Crippen molar-refractivity contribution in [2.75, 3.05) is 20.1 Å². The second kappa shape index (κ2) is 9.50. The number of nitrogens with one attached hydrogen (secondary N) is 3. The monoisotopic (exact) mass is 326 g/mol. The third-order valence-electron chi connectivity index (χ3n) is 4.32. The van der Waals surface area contributed by atoms with Crippen molar-refractivity contribution in [3.8, 4) is 0 Å². The number of piperidine rings is 1. The van der Waals surface area contributed by atoms with Gasteiger partial charge in [0.1, 0.15) is 0 Å². The maximum Gasteiger partial charge on any atom is 0.321 e. The highest BCUT2D eigenvalue weighted by Gasteiger charge is 2.31. The minimum Gasteiger partial charge on any atom is -0.353 e. The number of hydrogen-bond donors (Lipinski definition) is 3. The van der Waals surface area contributed by atoms with Gasteiger partial charge in [-0.25, -0.2) is 4.79 Å². The second-order valence-corrected chi connectivity index (χ2v) is 6.28. The maximum absolute atomic E-state index is 12.3. The van der Waals surface area contributed by atoms with Crippen LogP contribution in [0.2, 0.25) is 0 Å². The van der Waals surface area contributed by atoms with Crippen LogP contribution in [0.25, 0.3) is 0 Å². The number of imide groups is 1. The molecule has 1 heterocycles. The van der Waals surface area contributed by atoms with Gasteiger partial charge in [0, 0.05) is 19.6 Å². The van der Waals surface area contributed by atoms with Crippen LogP contribution >= 0.6 is 0 Å². The van der Waals surface area contributed by atoms with E-state index in [0.29, 0.717) is 6.54 Å². The Kier molecular flexibility index (Phi) is 8.02. The van der Waals surface area contributed by atoms with Gasteiger partial charge in [-0.15, -0.1) is 0 Å². The standard InChI is InChI=1S/C16H30N4O3/c1-5-7-11(2)18-15(22)13-8-6-9-20(10-13)12(3)14(21)19-16(23)17-4/h11-13H,5-10H2,1-4H3,(H,18,22)(H2,17,19,21,23)/t11-,12-,13+/m0/s1. The number of nitrogens with zero attached hydrogens (tertiary/aromatic N) is 1. The number of hydrogen-bond acceptors (Lipinski definition) is 4. The third-order valence-corrected chi connectivity index (χ3v) is 4.32. The fourth-order valence-electron chi connectivity index (χ4n) is 2.88. The Morgan fingerprint density at radius 2 is 1.96 bits per heavy atom. The van der Waals surface area contributed by atoms with Gasteiger partial charge in [0.25, 0.3) is 0 Å². The molecule has 0 unspecified atom stereocenters. The molecule has 1 aliphatic rings. The zero-order valence-corrected chi connectivity index (χ0v) is 14.6. The number of urea groups is 1. The lowest BCUT2D eigenvalue weighted by Crippen LogP contribution is -2.53. The summed E-state index contributed by atoms with van der Waals surface area (Å²) in [6.07, 6.45) is 3.71. The van der Waals surface area contributed by atoms with E-state index in [0.717, 1.165) is 32.2 Å². The highest BCUT2D eigenvalue weighted by atomic mass is 16.2. The van der Waals surface area contributed by atoms with E-state index < -0.39 is 12.1 Å². The normalized spacial score (nSPS) is 21.1. The summed E-state index contributed by atoms with van der Waals surface area (Å²) < 4.78 is 0. The molecule has 7 heteroatoms. The zero-order chi connectivity index (χ0) is 17.4. The van der Waals surface area contributed by atoms with Gasteiger partial charge in [0.05, 0.1) is 12.0 Å². The molecule has 0 aromatic heterocycles. The fourth-order valence-corrected chi connectivity index (χ4v) is 2.88. The second-order valence-electron chi connectivity index (χ2n) is 6.28. The van der Waals surface area contributed by atoms with Gasteiger partial charge in [0.2, 0.25) is 11.8 Å². The highest BCUT2D eigenvalue weighted by Crippen LogP contribution is 2.19. The molecule has 1 aliphatic heterocycles. The Balaban J connectivity index is 2.54. The smallest absolute Gasteiger partial charge is 0.321 e. The summed E-state index contributed by atoms with van der Waals surface area (Å²) in [5.41, 5.74) is 0. The SMILES string of the molecule is CCC[C@H](C)NC(=O)[C@@H]1CCCN([C@@H](C)C(=O)NC(=O)NC)C1. The van der Waals surface area contributed by atoms with Gasteiger partial charge in [-0.3, -0.25) is 19.8 Å². The maximum atomic E-state index is 12.3. The first-order chi connectivity index (χ1) is 10.9. The minimum absolute atomic E-state index is 0.0644. The van der Waals surface area contributed by atoms with Crippen molar-refractivity contribution < 1.29 is 14.4 Å². The summed E-state index contributed by atoms with van der Waals surface area (Å²) in [4.78, 5) is 37.6. The van der Waals surface area contributed by atoms with Crippen LogP contribution in [0.1, 0.15) is 46.5 Å². The first-order valence-electron chi connectivity index (χ1n) is 8.46. The molecule has 7 nitrogen and oxygen atoms in total. The highest BCUT2D eigenvalue weighted by molar-refractivity contribution is 5.96. The van der Waals surface area contributed by atoms with Crippen molar-refractivity contribution in [2.24, 2.45) is 5.92 Å². The van der Waals surface area contributed by atoms with Gasteiger partial charge in [-0.05, 0) is 39.7 Å². The Morgan fingerprint density at radius 3 is 2.57 bits per heavy atom. The number of rotatable bonds is 6. The number of likely N-dealkylation sites (tertiary alicyclic amines) is 1. The molecular weight excluding hydrogens is 296 g/mol. The molecule has 132 valence electrons. The lowest BCUT2D eigenvalue weighted by molar-refractivity contribution is -0.131. The number of carbonyl (C=O) groups is 3. The van der Waals surface area contributed by atoms with Crippen LogP contribution in [0.4, 0.5) is 4.79 Å². The first-order valence-corrected chi connectivity index (χ1v) is 8.46. The molecule has 0 bridgehead atoms. The molecule has 3 atom stereocenters. The average molecular weight is 326 g/mol. The van der Waals surface area contributed by atoms with Crippen LogP contribution < -0.4 is 16.0 Å². The molecule has 1 rings (SSSR count). The number of amides is 4. The van der Waals surface area contributed by atoms with E-state index in [1.54, 1.807) is 6.92 Å². The summed E-state index contributed by atoms with van der Waals surface area (Å²) in [5.74, 6) is -0.377. The fraction of sp³-hybridized carbons (Fsp3) is 0.812. The van der Waals surface area contributed by atoms with Gasteiger partial charge in [-0.1, -0.05) is 13.3 Å². The molecule has 0 radical (unpaired) electrons. The van der Waals surface area contributed by atoms with Crippen molar-refractivity contribution in [3.63, 3.8) is 0 Å². The Bertz CT molecular complexity index is 428. The van der Waals surface area contributed by atoms with Crippen LogP contribution in [-0.2, 0) is 9.59 Å². The first kappa shape index (κ1) is 19.4. The van der Waals surface area contributed by atoms with Crippen molar-refractivity contribution in [1.29, 1.82) is 0 Å². The van der Waals surface area contributed by atoms with E-state index in [-0.39, 0.29) is 23.8 Å². The summed E-state index contributed by atoms with van der Waals surface area (Å²) in [5, 5.41) is 7.70. The largest absolute Gasteiger partial charge is 0.353 e. The van der Waals surface area contributed by atoms with Gasteiger partial charge in [0.15, 0.2) is 0 Å². The molecule has 0 aliphatic carbocycles. The summed E-state index contributed by atoms with van der Waals surface area (Å²) in [6, 6.07) is -0.769. The predicted molar refractivity (Wildman–Crippen MR) is 88.9 cm³/mol. The van der Waals surface area contributed by atoms with Crippen molar-refractivity contribution in [3.05, 3.63) is 0 Å². The molecular formula is C16H30N4O3. The van der Waals surface area contributed by atoms with Crippen LogP contribution in [-0.4, -0.2) is 55.0 Å². The zero-order valence-electron chi connectivity index (χ0n) is 14.6. The van der Waals surface area contributed by atoms with Gasteiger partial charge < -0.3 is 10.6 Å². The van der Waals surface area contributed by atoms with Gasteiger partial charge >= 0.3 is 6.03 Å². The lowest BCUT2D eigenvalue weighted by atomic mass is 9.95. The summed E-state index contributed by atoms with van der Waals surface area (Å²) in [6.45, 7) is 7.18. The molecule has 1 saturated heterocycles. The summed E-state index contributed by atoms with van der Waals surface area (Å²) in [7, 11) is 1.46. The predicted octanol–water partition coefficient (Wildman–Crippen LogP) is 0.847. The molecule has 0 saturated carbocycles. The molecule has 0 aromatic carbocycles. The minimum atomic E-state index is -0.512. The average Bonchev–Trinajstić information content (AvgIpc) is 2.54. The quantitative estimate of drug-likeness (QED) is 0.675. The molecule has 3 N–H and O–H groups in total. The van der Waals surface area contributed by atoms with Crippen LogP contribution in [0, 0.1) is 5.92 Å². The Hall–Kier alpha value is -1.63. The van der Waals surface area contributed by atoms with E-state index in [1.165, 1.54) is 7.05 Å². The molecule has 23 heavy (non-hydrogen) atoms. The Labute approximate surface area is 138 Å². The van der Waals surface area contributed by atoms with Crippen LogP contribution in [0.3, 0.4) is 0 Å². The third kappa shape index (κ3) is 6.17. The van der Waals surface area contributed by atoms with Crippen molar-refractivity contribution in [2.45, 2.75) is 58.5 Å². The lowest BCUT2D eigenvalue weighted by Gasteiger charge is -2.35. The van der Waals surface area contributed by atoms with E-state index in [9.17, 15) is 14.4 Å². The Morgan fingerprint density at radius 1 is 1.26 bits per heavy atom. The van der Waals surface area contributed by atoms with Crippen molar-refractivity contribution in [1.82, 2.24) is 20.9 Å². The van der Waals surface area contributed by atoms with E-state index in [1.807, 2.05) is 11.8 Å².